The van der Waals surface area contributed by atoms with E-state index in [9.17, 15) is 4.79 Å². The normalized spacial score (nSPS) is 11.0. The Balaban J connectivity index is 2.40. The Morgan fingerprint density at radius 3 is 2.76 bits per heavy atom. The van der Waals surface area contributed by atoms with Crippen LogP contribution in [-0.2, 0) is 6.42 Å². The second kappa shape index (κ2) is 6.52. The lowest BCUT2D eigenvalue weighted by molar-refractivity contribution is 0.0944. The first kappa shape index (κ1) is 15.2. The van der Waals surface area contributed by atoms with Crippen molar-refractivity contribution < 1.29 is 4.79 Å². The highest BCUT2D eigenvalue weighted by Gasteiger charge is 2.16. The maximum absolute atomic E-state index is 12.1. The average Bonchev–Trinajstić information content (AvgIpc) is 2.46. The summed E-state index contributed by atoms with van der Waals surface area (Å²) in [6, 6.07) is 5.86. The van der Waals surface area contributed by atoms with Crippen LogP contribution in [0, 0.1) is 5.92 Å². The smallest absolute Gasteiger partial charge is 0.273 e. The van der Waals surface area contributed by atoms with Gasteiger partial charge in [0.2, 0.25) is 0 Å². The Hall–Kier alpha value is -2.17. The number of nitrogens with two attached hydrogens (primary N) is 1. The summed E-state index contributed by atoms with van der Waals surface area (Å²) < 4.78 is 0. The number of nitrogen functional groups attached to an aromatic ring is 1. The largest absolute Gasteiger partial charge is 0.396 e. The summed E-state index contributed by atoms with van der Waals surface area (Å²) in [6.07, 6.45) is 1.95. The van der Waals surface area contributed by atoms with Gasteiger partial charge in [0.05, 0.1) is 11.2 Å². The molecule has 0 spiro atoms. The third-order valence-corrected chi connectivity index (χ3v) is 3.32. The molecule has 1 aromatic carbocycles. The average molecular weight is 286 g/mol. The highest BCUT2D eigenvalue weighted by molar-refractivity contribution is 6.04. The molecule has 1 aromatic heterocycles. The molecule has 21 heavy (non-hydrogen) atoms. The third kappa shape index (κ3) is 3.29. The number of nitrogens with one attached hydrogen (secondary N) is 1. The maximum atomic E-state index is 12.1. The summed E-state index contributed by atoms with van der Waals surface area (Å²) in [6.45, 7) is 6.77. The fourth-order valence-corrected chi connectivity index (χ4v) is 2.23. The molecular weight excluding hydrogens is 264 g/mol. The van der Waals surface area contributed by atoms with E-state index < -0.39 is 0 Å². The zero-order chi connectivity index (χ0) is 15.4. The first-order valence-electron chi connectivity index (χ1n) is 7.36. The number of rotatable bonds is 5. The molecule has 3 N–H and O–H groups in total. The van der Waals surface area contributed by atoms with Gasteiger partial charge in [-0.2, -0.15) is 0 Å². The highest BCUT2D eigenvalue weighted by Crippen LogP contribution is 2.24. The Bertz CT molecular complexity index is 652. The molecule has 112 valence electrons. The number of fused-ring (bicyclic) bond motifs is 1. The molecule has 0 radical (unpaired) electrons. The van der Waals surface area contributed by atoms with Gasteiger partial charge in [0, 0.05) is 11.9 Å². The molecule has 5 heteroatoms. The third-order valence-electron chi connectivity index (χ3n) is 3.32. The quantitative estimate of drug-likeness (QED) is 0.885. The molecule has 2 aromatic rings. The van der Waals surface area contributed by atoms with Crippen LogP contribution < -0.4 is 11.1 Å². The molecule has 0 unspecified atom stereocenters. The minimum Gasteiger partial charge on any atom is -0.396 e. The van der Waals surface area contributed by atoms with E-state index in [0.717, 1.165) is 29.3 Å². The number of carbonyl (C=O) groups excluding carboxylic acids is 1. The number of amides is 1. The number of carbonyl (C=O) groups is 1. The fourth-order valence-electron chi connectivity index (χ4n) is 2.23. The minimum atomic E-state index is -0.267. The van der Waals surface area contributed by atoms with Gasteiger partial charge in [-0.1, -0.05) is 45.4 Å². The zero-order valence-electron chi connectivity index (χ0n) is 12.8. The standard InChI is InChI=1S/C16H22N4O/c1-4-6-11-7-5-8-12-13(17)15(20-19-14(11)12)16(21)18-9-10(2)3/h5,7-8,10H,4,6,9H2,1-3H3,(H2,17,19)(H,18,21). The summed E-state index contributed by atoms with van der Waals surface area (Å²) >= 11 is 0. The lowest BCUT2D eigenvalue weighted by Crippen LogP contribution is -2.29. The van der Waals surface area contributed by atoms with Gasteiger partial charge in [-0.15, -0.1) is 10.2 Å². The second-order valence-corrected chi connectivity index (χ2v) is 5.63. The van der Waals surface area contributed by atoms with Gasteiger partial charge < -0.3 is 11.1 Å². The second-order valence-electron chi connectivity index (χ2n) is 5.63. The highest BCUT2D eigenvalue weighted by atomic mass is 16.1. The Morgan fingerprint density at radius 1 is 1.33 bits per heavy atom. The molecule has 0 atom stereocenters. The van der Waals surface area contributed by atoms with E-state index in [1.165, 1.54) is 0 Å². The van der Waals surface area contributed by atoms with Crippen LogP contribution in [0.2, 0.25) is 0 Å². The van der Waals surface area contributed by atoms with Gasteiger partial charge in [0.25, 0.3) is 5.91 Å². The van der Waals surface area contributed by atoms with Gasteiger partial charge in [0.15, 0.2) is 5.69 Å². The first-order chi connectivity index (χ1) is 10.0. The summed E-state index contributed by atoms with van der Waals surface area (Å²) in [4.78, 5) is 12.1. The van der Waals surface area contributed by atoms with Crippen LogP contribution in [0.1, 0.15) is 43.2 Å². The van der Waals surface area contributed by atoms with Crippen molar-refractivity contribution in [2.75, 3.05) is 12.3 Å². The van der Waals surface area contributed by atoms with Crippen LogP contribution in [0.25, 0.3) is 10.9 Å². The van der Waals surface area contributed by atoms with Crippen LogP contribution >= 0.6 is 0 Å². The summed E-state index contributed by atoms with van der Waals surface area (Å²) in [5, 5.41) is 11.9. The first-order valence-corrected chi connectivity index (χ1v) is 7.36. The van der Waals surface area contributed by atoms with Crippen LogP contribution in [0.3, 0.4) is 0 Å². The molecule has 0 bridgehead atoms. The molecular formula is C16H22N4O. The molecule has 0 fully saturated rings. The van der Waals surface area contributed by atoms with Crippen LogP contribution in [0.15, 0.2) is 18.2 Å². The number of aromatic nitrogens is 2. The fraction of sp³-hybridized carbons (Fsp3) is 0.438. The van der Waals surface area contributed by atoms with E-state index in [0.29, 0.717) is 18.2 Å². The van der Waals surface area contributed by atoms with Crippen molar-refractivity contribution in [1.29, 1.82) is 0 Å². The molecule has 0 aliphatic heterocycles. The van der Waals surface area contributed by atoms with Crippen LogP contribution in [0.4, 0.5) is 5.69 Å². The number of hydrogen-bond acceptors (Lipinski definition) is 4. The molecule has 0 saturated heterocycles. The molecule has 1 amide bonds. The van der Waals surface area contributed by atoms with Crippen molar-refractivity contribution in [3.05, 3.63) is 29.5 Å². The van der Waals surface area contributed by atoms with E-state index in [-0.39, 0.29) is 11.6 Å². The molecule has 0 aliphatic rings. The summed E-state index contributed by atoms with van der Waals surface area (Å²) in [5.74, 6) is 0.108. The molecule has 2 rings (SSSR count). The van der Waals surface area contributed by atoms with Crippen LogP contribution in [-0.4, -0.2) is 22.6 Å². The Kier molecular flexibility index (Phi) is 4.73. The number of aryl methyl sites for hydroxylation is 1. The van der Waals surface area contributed by atoms with Gasteiger partial charge >= 0.3 is 0 Å². The van der Waals surface area contributed by atoms with Gasteiger partial charge in [-0.3, -0.25) is 4.79 Å². The van der Waals surface area contributed by atoms with Crippen molar-refractivity contribution in [1.82, 2.24) is 15.5 Å². The van der Waals surface area contributed by atoms with Crippen LogP contribution in [0.5, 0.6) is 0 Å². The lowest BCUT2D eigenvalue weighted by Gasteiger charge is -2.11. The van der Waals surface area contributed by atoms with Gasteiger partial charge in [-0.05, 0) is 17.9 Å². The van der Waals surface area contributed by atoms with Gasteiger partial charge in [-0.25, -0.2) is 0 Å². The monoisotopic (exact) mass is 286 g/mol. The summed E-state index contributed by atoms with van der Waals surface area (Å²) in [7, 11) is 0. The van der Waals surface area contributed by atoms with E-state index >= 15 is 0 Å². The molecule has 5 nitrogen and oxygen atoms in total. The SMILES string of the molecule is CCCc1cccc2c(N)c(C(=O)NCC(C)C)nnc12. The van der Waals surface area contributed by atoms with Crippen molar-refractivity contribution in [2.24, 2.45) is 5.92 Å². The van der Waals surface area contributed by atoms with Crippen molar-refractivity contribution in [3.63, 3.8) is 0 Å². The predicted molar refractivity (Wildman–Crippen MR) is 85.1 cm³/mol. The van der Waals surface area contributed by atoms with E-state index in [1.54, 1.807) is 0 Å². The lowest BCUT2D eigenvalue weighted by atomic mass is 10.0. The topological polar surface area (TPSA) is 80.9 Å². The van der Waals surface area contributed by atoms with Crippen molar-refractivity contribution in [2.45, 2.75) is 33.6 Å². The van der Waals surface area contributed by atoms with Gasteiger partial charge in [0.1, 0.15) is 0 Å². The van der Waals surface area contributed by atoms with E-state index in [2.05, 4.69) is 22.4 Å². The molecule has 1 heterocycles. The Labute approximate surface area is 124 Å². The number of hydrogen-bond donors (Lipinski definition) is 2. The zero-order valence-corrected chi connectivity index (χ0v) is 12.8. The van der Waals surface area contributed by atoms with Crippen molar-refractivity contribution in [3.8, 4) is 0 Å². The summed E-state index contributed by atoms with van der Waals surface area (Å²) in [5.41, 5.74) is 8.64. The predicted octanol–water partition coefficient (Wildman–Crippen LogP) is 2.55. The minimum absolute atomic E-state index is 0.205. The van der Waals surface area contributed by atoms with Crippen molar-refractivity contribution >= 4 is 22.5 Å². The van der Waals surface area contributed by atoms with E-state index in [1.807, 2.05) is 32.0 Å². The Morgan fingerprint density at radius 2 is 2.10 bits per heavy atom. The number of anilines is 1. The molecule has 0 saturated carbocycles. The number of benzene rings is 1. The maximum Gasteiger partial charge on any atom is 0.273 e. The molecule has 0 aliphatic carbocycles. The van der Waals surface area contributed by atoms with E-state index in [4.69, 9.17) is 5.73 Å². The number of nitrogens with zero attached hydrogens (tertiary/aromatic N) is 2.